The molecule has 2 aliphatic heterocycles. The minimum atomic E-state index is -0.488. The van der Waals surface area contributed by atoms with Gasteiger partial charge in [0.05, 0.1) is 18.8 Å². The molecule has 0 unspecified atom stereocenters. The van der Waals surface area contributed by atoms with Gasteiger partial charge in [-0.25, -0.2) is 4.39 Å². The lowest BCUT2D eigenvalue weighted by Crippen LogP contribution is -2.47. The van der Waals surface area contributed by atoms with Gasteiger partial charge in [0.1, 0.15) is 5.82 Å². The van der Waals surface area contributed by atoms with Crippen molar-refractivity contribution in [2.24, 2.45) is 0 Å². The lowest BCUT2D eigenvalue weighted by atomic mass is 10.0. The van der Waals surface area contributed by atoms with Crippen LogP contribution in [0.2, 0.25) is 0 Å². The number of hydrogen-bond donors (Lipinski definition) is 0. The third kappa shape index (κ3) is 3.47. The molecule has 0 bridgehead atoms. The lowest BCUT2D eigenvalue weighted by Gasteiger charge is -2.37. The number of carbonyl (C=O) groups excluding carboxylic acids is 1. The molecule has 0 atom stereocenters. The van der Waals surface area contributed by atoms with Gasteiger partial charge in [-0.2, -0.15) is 0 Å². The first-order chi connectivity index (χ1) is 12.7. The van der Waals surface area contributed by atoms with Gasteiger partial charge >= 0.3 is 0 Å². The molecule has 8 heteroatoms. The summed E-state index contributed by atoms with van der Waals surface area (Å²) in [5.74, 6) is -0.424. The monoisotopic (exact) mass is 361 g/mol. The van der Waals surface area contributed by atoms with Crippen molar-refractivity contribution in [1.82, 2.24) is 15.1 Å². The summed E-state index contributed by atoms with van der Waals surface area (Å²) in [5.41, 5.74) is 0.260. The van der Waals surface area contributed by atoms with Gasteiger partial charge < -0.3 is 18.8 Å². The number of halogens is 1. The summed E-state index contributed by atoms with van der Waals surface area (Å²) in [6.07, 6.45) is 1.98. The van der Waals surface area contributed by atoms with Gasteiger partial charge in [-0.05, 0) is 12.1 Å². The normalized spacial score (nSPS) is 19.2. The number of piperidine rings is 1. The maximum Gasteiger partial charge on any atom is 0.250 e. The molecule has 0 aliphatic carbocycles. The molecule has 138 valence electrons. The molecule has 2 aromatic rings. The average molecular weight is 361 g/mol. The Morgan fingerprint density at radius 1 is 1.15 bits per heavy atom. The van der Waals surface area contributed by atoms with Gasteiger partial charge in [-0.15, -0.1) is 10.2 Å². The highest BCUT2D eigenvalue weighted by atomic mass is 19.1. The summed E-state index contributed by atoms with van der Waals surface area (Å²) >= 11 is 0. The van der Waals surface area contributed by atoms with E-state index in [9.17, 15) is 9.18 Å². The fraction of sp³-hybridized carbons (Fsp3) is 0.500. The predicted molar refractivity (Wildman–Crippen MR) is 88.5 cm³/mol. The van der Waals surface area contributed by atoms with Crippen molar-refractivity contribution in [3.63, 3.8) is 0 Å². The van der Waals surface area contributed by atoms with Gasteiger partial charge in [-0.1, -0.05) is 12.1 Å². The largest absolute Gasteiger partial charge is 0.421 e. The standard InChI is InChI=1S/C18H20FN3O4/c19-14-4-2-1-3-13(14)17-21-20-15(26-17)5-6-16(23)22-9-7-18(8-10-22)24-11-12-25-18/h1-4H,5-12H2. The summed E-state index contributed by atoms with van der Waals surface area (Å²) < 4.78 is 30.6. The van der Waals surface area contributed by atoms with Crippen LogP contribution in [-0.4, -0.2) is 53.1 Å². The van der Waals surface area contributed by atoms with Crippen LogP contribution in [0.5, 0.6) is 0 Å². The molecule has 2 saturated heterocycles. The Morgan fingerprint density at radius 3 is 2.62 bits per heavy atom. The zero-order valence-electron chi connectivity index (χ0n) is 14.3. The van der Waals surface area contributed by atoms with Crippen LogP contribution in [-0.2, 0) is 20.7 Å². The summed E-state index contributed by atoms with van der Waals surface area (Å²) in [7, 11) is 0. The molecule has 1 spiro atoms. The van der Waals surface area contributed by atoms with Crippen LogP contribution < -0.4 is 0 Å². The Labute approximate surface area is 150 Å². The van der Waals surface area contributed by atoms with Gasteiger partial charge in [0.15, 0.2) is 5.79 Å². The second-order valence-corrected chi connectivity index (χ2v) is 6.47. The first kappa shape index (κ1) is 17.1. The first-order valence-electron chi connectivity index (χ1n) is 8.78. The van der Waals surface area contributed by atoms with E-state index in [0.29, 0.717) is 51.5 Å². The second kappa shape index (κ2) is 7.13. The number of aryl methyl sites for hydroxylation is 1. The minimum absolute atomic E-state index is 0.0310. The van der Waals surface area contributed by atoms with E-state index in [0.717, 1.165) is 0 Å². The Hall–Kier alpha value is -2.32. The van der Waals surface area contributed by atoms with Gasteiger partial charge in [0, 0.05) is 38.8 Å². The van der Waals surface area contributed by atoms with Gasteiger partial charge in [0.25, 0.3) is 5.89 Å². The van der Waals surface area contributed by atoms with Crippen LogP contribution in [0.25, 0.3) is 11.5 Å². The molecule has 1 aromatic carbocycles. The Bertz CT molecular complexity index is 778. The zero-order chi connectivity index (χ0) is 18.0. The predicted octanol–water partition coefficient (Wildman–Crippen LogP) is 2.17. The number of likely N-dealkylation sites (tertiary alicyclic amines) is 1. The molecule has 4 rings (SSSR count). The van der Waals surface area contributed by atoms with E-state index in [1.165, 1.54) is 6.07 Å². The molecule has 3 heterocycles. The Balaban J connectivity index is 1.31. The van der Waals surface area contributed by atoms with Crippen molar-refractivity contribution < 1.29 is 23.1 Å². The number of benzene rings is 1. The van der Waals surface area contributed by atoms with Gasteiger partial charge in [-0.3, -0.25) is 4.79 Å². The van der Waals surface area contributed by atoms with E-state index in [1.807, 2.05) is 4.90 Å². The summed E-state index contributed by atoms with van der Waals surface area (Å²) in [6.45, 7) is 2.47. The van der Waals surface area contributed by atoms with Crippen LogP contribution in [0.15, 0.2) is 28.7 Å². The molecule has 26 heavy (non-hydrogen) atoms. The molecule has 2 fully saturated rings. The second-order valence-electron chi connectivity index (χ2n) is 6.47. The topological polar surface area (TPSA) is 77.7 Å². The molecule has 0 saturated carbocycles. The highest BCUT2D eigenvalue weighted by Crippen LogP contribution is 2.31. The smallest absolute Gasteiger partial charge is 0.250 e. The number of carbonyl (C=O) groups is 1. The van der Waals surface area contributed by atoms with Crippen molar-refractivity contribution in [1.29, 1.82) is 0 Å². The molecular formula is C18H20FN3O4. The molecule has 2 aliphatic rings. The fourth-order valence-electron chi connectivity index (χ4n) is 3.35. The van der Waals surface area contributed by atoms with E-state index < -0.39 is 11.6 Å². The molecule has 1 amide bonds. The van der Waals surface area contributed by atoms with Crippen LogP contribution >= 0.6 is 0 Å². The van der Waals surface area contributed by atoms with Crippen molar-refractivity contribution in [2.75, 3.05) is 26.3 Å². The van der Waals surface area contributed by atoms with Crippen LogP contribution in [0.1, 0.15) is 25.2 Å². The Kier molecular flexibility index (Phi) is 4.69. The summed E-state index contributed by atoms with van der Waals surface area (Å²) in [6, 6.07) is 6.21. The number of hydrogen-bond acceptors (Lipinski definition) is 6. The summed E-state index contributed by atoms with van der Waals surface area (Å²) in [5, 5.41) is 7.79. The molecular weight excluding hydrogens is 341 g/mol. The first-order valence-corrected chi connectivity index (χ1v) is 8.78. The van der Waals surface area contributed by atoms with Gasteiger partial charge in [0.2, 0.25) is 11.8 Å². The fourth-order valence-corrected chi connectivity index (χ4v) is 3.35. The molecule has 0 radical (unpaired) electrons. The quantitative estimate of drug-likeness (QED) is 0.831. The lowest BCUT2D eigenvalue weighted by molar-refractivity contribution is -0.187. The third-order valence-corrected chi connectivity index (χ3v) is 4.82. The SMILES string of the molecule is O=C(CCc1nnc(-c2ccccc2F)o1)N1CCC2(CC1)OCCO2. The average Bonchev–Trinajstić information content (AvgIpc) is 3.31. The van der Waals surface area contributed by atoms with Crippen molar-refractivity contribution in [2.45, 2.75) is 31.5 Å². The number of rotatable bonds is 4. The number of amides is 1. The van der Waals surface area contributed by atoms with Crippen molar-refractivity contribution in [3.8, 4) is 11.5 Å². The van der Waals surface area contributed by atoms with E-state index in [1.54, 1.807) is 18.2 Å². The molecule has 0 N–H and O–H groups in total. The Morgan fingerprint density at radius 2 is 1.88 bits per heavy atom. The van der Waals surface area contributed by atoms with Crippen LogP contribution in [0, 0.1) is 5.82 Å². The summed E-state index contributed by atoms with van der Waals surface area (Å²) in [4.78, 5) is 14.2. The van der Waals surface area contributed by atoms with E-state index >= 15 is 0 Å². The zero-order valence-corrected chi connectivity index (χ0v) is 14.3. The van der Waals surface area contributed by atoms with E-state index in [2.05, 4.69) is 10.2 Å². The number of aromatic nitrogens is 2. The molecule has 1 aromatic heterocycles. The number of nitrogens with zero attached hydrogens (tertiary/aromatic N) is 3. The third-order valence-electron chi connectivity index (χ3n) is 4.82. The highest BCUT2D eigenvalue weighted by molar-refractivity contribution is 5.76. The van der Waals surface area contributed by atoms with Crippen LogP contribution in [0.3, 0.4) is 0 Å². The molecule has 7 nitrogen and oxygen atoms in total. The maximum atomic E-state index is 13.8. The van der Waals surface area contributed by atoms with Crippen LogP contribution in [0.4, 0.5) is 4.39 Å². The van der Waals surface area contributed by atoms with Crippen molar-refractivity contribution in [3.05, 3.63) is 36.0 Å². The number of ether oxygens (including phenoxy) is 2. The highest BCUT2D eigenvalue weighted by Gasteiger charge is 2.40. The maximum absolute atomic E-state index is 13.8. The van der Waals surface area contributed by atoms with E-state index in [4.69, 9.17) is 13.9 Å². The van der Waals surface area contributed by atoms with Crippen molar-refractivity contribution >= 4 is 5.91 Å². The minimum Gasteiger partial charge on any atom is -0.421 e. The van der Waals surface area contributed by atoms with E-state index in [-0.39, 0.29) is 23.8 Å².